The number of aromatic nitrogens is 3. The minimum atomic E-state index is -0.359. The number of hydrogen-bond acceptors (Lipinski definition) is 4. The van der Waals surface area contributed by atoms with E-state index in [0.29, 0.717) is 6.61 Å². The number of rotatable bonds is 3. The van der Waals surface area contributed by atoms with E-state index in [9.17, 15) is 5.11 Å². The van der Waals surface area contributed by atoms with E-state index in [1.165, 1.54) is 5.56 Å². The van der Waals surface area contributed by atoms with Crippen molar-refractivity contribution in [1.29, 1.82) is 0 Å². The first-order valence-electron chi connectivity index (χ1n) is 6.50. The van der Waals surface area contributed by atoms with Gasteiger partial charge in [0.1, 0.15) is 18.7 Å². The maximum atomic E-state index is 10.0. The Morgan fingerprint density at radius 2 is 2.37 bits per heavy atom. The van der Waals surface area contributed by atoms with Crippen molar-refractivity contribution in [2.45, 2.75) is 32.0 Å². The van der Waals surface area contributed by atoms with Gasteiger partial charge < -0.3 is 14.4 Å². The summed E-state index contributed by atoms with van der Waals surface area (Å²) in [5, 5.41) is 17.8. The van der Waals surface area contributed by atoms with Gasteiger partial charge in [-0.05, 0) is 42.5 Å². The van der Waals surface area contributed by atoms with Crippen LogP contribution in [0.1, 0.15) is 35.9 Å². The smallest absolute Gasteiger partial charge is 0.170 e. The lowest BCUT2D eigenvalue weighted by molar-refractivity contribution is 0.156. The lowest BCUT2D eigenvalue weighted by atomic mass is 9.89. The van der Waals surface area contributed by atoms with Gasteiger partial charge in [0.25, 0.3) is 0 Å². The van der Waals surface area contributed by atoms with Gasteiger partial charge in [-0.3, -0.25) is 0 Å². The topological polar surface area (TPSA) is 60.2 Å². The molecular formula is C14H17N3O2. The quantitative estimate of drug-likeness (QED) is 0.912. The zero-order valence-corrected chi connectivity index (χ0v) is 10.9. The molecule has 1 N–H and O–H groups in total. The number of aliphatic hydroxyl groups is 1. The van der Waals surface area contributed by atoms with Crippen molar-refractivity contribution in [3.63, 3.8) is 0 Å². The van der Waals surface area contributed by atoms with E-state index in [0.717, 1.165) is 36.4 Å². The summed E-state index contributed by atoms with van der Waals surface area (Å²) in [6, 6.07) is 5.94. The molecule has 0 unspecified atom stereocenters. The minimum Gasteiger partial charge on any atom is -0.486 e. The molecular weight excluding hydrogens is 242 g/mol. The van der Waals surface area contributed by atoms with Gasteiger partial charge in [0, 0.05) is 7.05 Å². The predicted octanol–water partition coefficient (Wildman–Crippen LogP) is 1.76. The van der Waals surface area contributed by atoms with Crippen LogP contribution >= 0.6 is 0 Å². The van der Waals surface area contributed by atoms with Crippen LogP contribution in [0.5, 0.6) is 5.75 Å². The highest BCUT2D eigenvalue weighted by Gasteiger charge is 2.18. The number of benzene rings is 1. The van der Waals surface area contributed by atoms with E-state index in [-0.39, 0.29) is 6.10 Å². The van der Waals surface area contributed by atoms with E-state index in [4.69, 9.17) is 4.74 Å². The van der Waals surface area contributed by atoms with Crippen LogP contribution in [0.3, 0.4) is 0 Å². The maximum absolute atomic E-state index is 10.0. The van der Waals surface area contributed by atoms with E-state index in [2.05, 4.69) is 10.2 Å². The molecule has 0 aliphatic heterocycles. The van der Waals surface area contributed by atoms with Gasteiger partial charge in [-0.1, -0.05) is 6.07 Å². The van der Waals surface area contributed by atoms with Crippen LogP contribution in [0.2, 0.25) is 0 Å². The number of aryl methyl sites for hydroxylation is 2. The second-order valence-corrected chi connectivity index (χ2v) is 4.92. The first kappa shape index (κ1) is 12.2. The number of ether oxygens (including phenoxy) is 1. The zero-order valence-electron chi connectivity index (χ0n) is 10.9. The van der Waals surface area contributed by atoms with Crippen molar-refractivity contribution in [3.8, 4) is 5.75 Å². The normalized spacial score (nSPS) is 18.1. The van der Waals surface area contributed by atoms with E-state index >= 15 is 0 Å². The van der Waals surface area contributed by atoms with Crippen LogP contribution in [-0.2, 0) is 20.1 Å². The number of aliphatic hydroxyl groups excluding tert-OH is 1. The monoisotopic (exact) mass is 259 g/mol. The summed E-state index contributed by atoms with van der Waals surface area (Å²) in [6.45, 7) is 0.380. The van der Waals surface area contributed by atoms with Crippen LogP contribution in [0.25, 0.3) is 0 Å². The molecule has 0 radical (unpaired) electrons. The van der Waals surface area contributed by atoms with Gasteiger partial charge in [-0.2, -0.15) is 0 Å². The Morgan fingerprint density at radius 1 is 1.47 bits per heavy atom. The Labute approximate surface area is 111 Å². The molecule has 1 aliphatic carbocycles. The molecule has 2 aromatic rings. The molecule has 0 saturated carbocycles. The lowest BCUT2D eigenvalue weighted by Gasteiger charge is -2.21. The molecule has 3 rings (SSSR count). The van der Waals surface area contributed by atoms with Crippen molar-refractivity contribution in [1.82, 2.24) is 14.8 Å². The molecule has 0 spiro atoms. The summed E-state index contributed by atoms with van der Waals surface area (Å²) in [5.41, 5.74) is 2.23. The second-order valence-electron chi connectivity index (χ2n) is 4.92. The molecule has 5 heteroatoms. The van der Waals surface area contributed by atoms with Gasteiger partial charge in [-0.15, -0.1) is 10.2 Å². The van der Waals surface area contributed by atoms with Gasteiger partial charge in [-0.25, -0.2) is 0 Å². The fourth-order valence-corrected chi connectivity index (χ4v) is 2.43. The molecule has 1 heterocycles. The fraction of sp³-hybridized carbons (Fsp3) is 0.429. The van der Waals surface area contributed by atoms with Crippen LogP contribution in [0.15, 0.2) is 24.5 Å². The van der Waals surface area contributed by atoms with Crippen molar-refractivity contribution >= 4 is 0 Å². The van der Waals surface area contributed by atoms with Gasteiger partial charge in [0.2, 0.25) is 0 Å². The van der Waals surface area contributed by atoms with Gasteiger partial charge in [0.05, 0.1) is 6.10 Å². The third-order valence-electron chi connectivity index (χ3n) is 3.57. The summed E-state index contributed by atoms with van der Waals surface area (Å²) >= 11 is 0. The lowest BCUT2D eigenvalue weighted by Crippen LogP contribution is -2.10. The Morgan fingerprint density at radius 3 is 3.16 bits per heavy atom. The van der Waals surface area contributed by atoms with E-state index in [1.54, 1.807) is 6.33 Å². The molecule has 0 saturated heterocycles. The molecule has 100 valence electrons. The molecule has 1 aromatic carbocycles. The SMILES string of the molecule is Cn1cnnc1COc1ccc2c(c1)[C@@H](O)CCC2. The summed E-state index contributed by atoms with van der Waals surface area (Å²) in [6.07, 6.45) is 4.21. The standard InChI is InChI=1S/C14H17N3O2/c1-17-9-15-16-14(17)8-19-11-6-5-10-3-2-4-13(18)12(10)7-11/h5-7,9,13,18H,2-4,8H2,1H3/t13-/m0/s1. The van der Waals surface area contributed by atoms with Crippen molar-refractivity contribution < 1.29 is 9.84 Å². The summed E-state index contributed by atoms with van der Waals surface area (Å²) in [4.78, 5) is 0. The highest BCUT2D eigenvalue weighted by molar-refractivity contribution is 5.38. The molecule has 1 atom stereocenters. The molecule has 0 amide bonds. The number of hydrogen-bond donors (Lipinski definition) is 1. The van der Waals surface area contributed by atoms with Crippen LogP contribution < -0.4 is 4.74 Å². The fourth-order valence-electron chi connectivity index (χ4n) is 2.43. The van der Waals surface area contributed by atoms with Crippen molar-refractivity contribution in [3.05, 3.63) is 41.5 Å². The predicted molar refractivity (Wildman–Crippen MR) is 69.7 cm³/mol. The zero-order chi connectivity index (χ0) is 13.2. The Balaban J connectivity index is 1.75. The second kappa shape index (κ2) is 5.01. The highest BCUT2D eigenvalue weighted by atomic mass is 16.5. The third-order valence-corrected chi connectivity index (χ3v) is 3.57. The minimum absolute atomic E-state index is 0.359. The first-order chi connectivity index (χ1) is 9.24. The largest absolute Gasteiger partial charge is 0.486 e. The van der Waals surface area contributed by atoms with Crippen molar-refractivity contribution in [2.75, 3.05) is 0 Å². The van der Waals surface area contributed by atoms with Crippen LogP contribution in [0, 0.1) is 0 Å². The number of nitrogens with zero attached hydrogens (tertiary/aromatic N) is 3. The molecule has 1 aromatic heterocycles. The highest BCUT2D eigenvalue weighted by Crippen LogP contribution is 2.32. The van der Waals surface area contributed by atoms with Crippen LogP contribution in [0.4, 0.5) is 0 Å². The Bertz CT molecular complexity index is 580. The molecule has 1 aliphatic rings. The van der Waals surface area contributed by atoms with E-state index in [1.807, 2.05) is 29.8 Å². The average Bonchev–Trinajstić information content (AvgIpc) is 2.83. The van der Waals surface area contributed by atoms with Crippen molar-refractivity contribution in [2.24, 2.45) is 7.05 Å². The Kier molecular flexibility index (Phi) is 3.21. The van der Waals surface area contributed by atoms with Gasteiger partial charge >= 0.3 is 0 Å². The molecule has 19 heavy (non-hydrogen) atoms. The Hall–Kier alpha value is -1.88. The van der Waals surface area contributed by atoms with E-state index < -0.39 is 0 Å². The summed E-state index contributed by atoms with van der Waals surface area (Å²) in [5.74, 6) is 1.54. The third kappa shape index (κ3) is 2.46. The summed E-state index contributed by atoms with van der Waals surface area (Å²) < 4.78 is 7.54. The molecule has 0 fully saturated rings. The number of fused-ring (bicyclic) bond motifs is 1. The van der Waals surface area contributed by atoms with Gasteiger partial charge in [0.15, 0.2) is 5.82 Å². The maximum Gasteiger partial charge on any atom is 0.170 e. The van der Waals surface area contributed by atoms with Crippen LogP contribution in [-0.4, -0.2) is 19.9 Å². The average molecular weight is 259 g/mol. The first-order valence-corrected chi connectivity index (χ1v) is 6.50. The summed E-state index contributed by atoms with van der Waals surface area (Å²) in [7, 11) is 1.88. The molecule has 5 nitrogen and oxygen atoms in total. The molecule has 0 bridgehead atoms.